The Kier molecular flexibility index (Phi) is 17.2. The molecule has 1 aromatic heterocycles. The van der Waals surface area contributed by atoms with E-state index in [2.05, 4.69) is 35.9 Å². The maximum atomic E-state index is 15.1. The van der Waals surface area contributed by atoms with Crippen molar-refractivity contribution in [3.05, 3.63) is 113 Å². The number of hydrogen-bond acceptors (Lipinski definition) is 15. The zero-order valence-electron chi connectivity index (χ0n) is 44.1. The summed E-state index contributed by atoms with van der Waals surface area (Å²) in [6, 6.07) is 20.3. The lowest BCUT2D eigenvalue weighted by molar-refractivity contribution is -0.197. The Balaban J connectivity index is 0.706. The van der Waals surface area contributed by atoms with Gasteiger partial charge in [0.1, 0.15) is 11.6 Å². The average Bonchev–Trinajstić information content (AvgIpc) is 4.07. The van der Waals surface area contributed by atoms with Gasteiger partial charge in [0.25, 0.3) is 17.7 Å². The number of ether oxygens (including phenoxy) is 1. The van der Waals surface area contributed by atoms with Gasteiger partial charge < -0.3 is 34.9 Å². The number of aromatic nitrogens is 1. The summed E-state index contributed by atoms with van der Waals surface area (Å²) >= 11 is 0. The van der Waals surface area contributed by atoms with Crippen LogP contribution in [-0.2, 0) is 40.1 Å². The smallest absolute Gasteiger partial charge is 0.333 e. The Hall–Kier alpha value is -7.00. The number of nitrogens with one attached hydrogen (secondary N) is 3. The van der Waals surface area contributed by atoms with Gasteiger partial charge >= 0.3 is 5.97 Å². The van der Waals surface area contributed by atoms with Crippen LogP contribution < -0.4 is 30.6 Å². The van der Waals surface area contributed by atoms with Crippen LogP contribution in [0.3, 0.4) is 0 Å². The lowest BCUT2D eigenvalue weighted by Gasteiger charge is -2.36. The number of nitrogens with zero attached hydrogens (tertiary/aromatic N) is 6. The standard InChI is InChI=1S/C54H62FN9O9S2/c1-54(2,32-47(65)60-59-45-8-5-22-61(3)46-30-40(16-17-41(45)46)72-27-6-9-51(69)73-64-49(67)18-19-50(64)68)75-74-28-20-48(66)63-25-23-62(24-26-63)39-14-11-35(12-15-39)52(70)57-34-37-10-13-38(29-44(37)55)58-53(71)43-31-42(43)36-7-4-21-56-33-36/h4,7,10-17,21,29-30,33,42-43H,5-6,8-9,18-20,22-28,31-32,34H2,1-3H3,(H,57,70)(H,58,71)(H,60,65)/b59-45+/t42-,43+/m1/s1/i31D2. The van der Waals surface area contributed by atoms with Gasteiger partial charge in [-0.15, -0.1) is 5.06 Å². The van der Waals surface area contributed by atoms with E-state index in [1.165, 1.54) is 18.3 Å². The summed E-state index contributed by atoms with van der Waals surface area (Å²) in [5.74, 6) is -3.85. The molecule has 8 rings (SSSR count). The number of fused-ring (bicyclic) bond motifs is 1. The van der Waals surface area contributed by atoms with E-state index in [1.807, 2.05) is 56.1 Å². The molecule has 0 spiro atoms. The maximum absolute atomic E-state index is 15.1. The number of hydrogen-bond donors (Lipinski definition) is 3. The molecule has 1 saturated carbocycles. The summed E-state index contributed by atoms with van der Waals surface area (Å²) in [6.07, 6.45) is 3.77. The van der Waals surface area contributed by atoms with Crippen LogP contribution in [0.1, 0.15) is 107 Å². The molecule has 0 radical (unpaired) electrons. The molecule has 2 atom stereocenters. The highest BCUT2D eigenvalue weighted by atomic mass is 33.1. The summed E-state index contributed by atoms with van der Waals surface area (Å²) in [4.78, 5) is 103. The van der Waals surface area contributed by atoms with Gasteiger partial charge in [0, 0.05) is 143 Å². The number of halogens is 1. The first-order valence-corrected chi connectivity index (χ1v) is 27.3. The maximum Gasteiger partial charge on any atom is 0.333 e. The van der Waals surface area contributed by atoms with Crippen molar-refractivity contribution in [2.24, 2.45) is 11.0 Å². The van der Waals surface area contributed by atoms with Gasteiger partial charge in [-0.2, -0.15) is 5.10 Å². The number of imide groups is 1. The topological polar surface area (TPSA) is 212 Å². The molecule has 4 heterocycles. The van der Waals surface area contributed by atoms with Gasteiger partial charge in [0.15, 0.2) is 0 Å². The van der Waals surface area contributed by atoms with Gasteiger partial charge in [-0.25, -0.2) is 14.6 Å². The Morgan fingerprint density at radius 2 is 1.71 bits per heavy atom. The van der Waals surface area contributed by atoms with Gasteiger partial charge in [0.05, 0.1) is 18.7 Å². The largest absolute Gasteiger partial charge is 0.494 e. The average molecular weight is 1070 g/mol. The van der Waals surface area contributed by atoms with Crippen molar-refractivity contribution in [3.63, 3.8) is 0 Å². The molecule has 6 amide bonds. The SMILES string of the molecule is [2H]C1([2H])[C@H](C(=O)Nc2ccc(CNC(=O)c3ccc(N4CCN(C(=O)CCSSC(C)(C)CC(=O)N/N=C5\CCCN(C)c6cc(OCCCC(=O)ON7C(=O)CCC7=O)ccc65)CC4)cc3)c(F)c2)[C@H]1c1cccnc1. The summed E-state index contributed by atoms with van der Waals surface area (Å²) < 4.78 is 37.1. The first-order valence-electron chi connectivity index (χ1n) is 26.0. The predicted octanol–water partition coefficient (Wildman–Crippen LogP) is 7.00. The Morgan fingerprint density at radius 3 is 2.44 bits per heavy atom. The fraction of sp³-hybridized carbons (Fsp3) is 0.426. The second kappa shape index (κ2) is 25.0. The quantitative estimate of drug-likeness (QED) is 0.0332. The normalized spacial score (nSPS) is 19.1. The molecule has 21 heteroatoms. The summed E-state index contributed by atoms with van der Waals surface area (Å²) in [5.41, 5.74) is 7.61. The van der Waals surface area contributed by atoms with Crippen LogP contribution in [-0.4, -0.2) is 119 Å². The molecule has 3 aliphatic heterocycles. The number of amides is 6. The number of anilines is 3. The monoisotopic (exact) mass is 1070 g/mol. The first-order chi connectivity index (χ1) is 36.9. The van der Waals surface area contributed by atoms with Crippen molar-refractivity contribution < 1.29 is 50.3 Å². The van der Waals surface area contributed by atoms with Crippen molar-refractivity contribution in [1.82, 2.24) is 25.7 Å². The van der Waals surface area contributed by atoms with E-state index in [0.717, 1.165) is 41.7 Å². The van der Waals surface area contributed by atoms with Crippen molar-refractivity contribution in [1.29, 1.82) is 0 Å². The lowest BCUT2D eigenvalue weighted by Crippen LogP contribution is -2.48. The Bertz CT molecular complexity index is 2880. The van der Waals surface area contributed by atoms with E-state index in [4.69, 9.17) is 12.3 Å². The molecule has 2 saturated heterocycles. The Morgan fingerprint density at radius 1 is 0.933 bits per heavy atom. The van der Waals surface area contributed by atoms with Gasteiger partial charge in [-0.3, -0.25) is 33.8 Å². The fourth-order valence-electron chi connectivity index (χ4n) is 8.82. The number of carbonyl (C=O) groups excluding carboxylic acids is 7. The van der Waals surface area contributed by atoms with Crippen molar-refractivity contribution >= 4 is 85.8 Å². The molecule has 3 aromatic carbocycles. The number of benzene rings is 3. The van der Waals surface area contributed by atoms with Crippen molar-refractivity contribution in [2.45, 2.75) is 88.8 Å². The minimum Gasteiger partial charge on any atom is -0.494 e. The molecule has 75 heavy (non-hydrogen) atoms. The number of hydrazone groups is 1. The van der Waals surface area contributed by atoms with E-state index in [0.29, 0.717) is 73.1 Å². The van der Waals surface area contributed by atoms with E-state index in [9.17, 15) is 33.6 Å². The van der Waals surface area contributed by atoms with Crippen LogP contribution in [0.2, 0.25) is 0 Å². The van der Waals surface area contributed by atoms with Crippen LogP contribution in [0, 0.1) is 11.7 Å². The highest BCUT2D eigenvalue weighted by molar-refractivity contribution is 8.77. The summed E-state index contributed by atoms with van der Waals surface area (Å²) in [6.45, 7) is 7.20. The van der Waals surface area contributed by atoms with E-state index in [-0.39, 0.29) is 67.8 Å². The molecule has 0 bridgehead atoms. The zero-order chi connectivity index (χ0) is 54.9. The number of pyridine rings is 1. The third-order valence-electron chi connectivity index (χ3n) is 13.0. The van der Waals surface area contributed by atoms with Crippen LogP contribution in [0.5, 0.6) is 5.75 Å². The summed E-state index contributed by atoms with van der Waals surface area (Å²) in [7, 11) is 5.09. The van der Waals surface area contributed by atoms with Crippen molar-refractivity contribution in [3.8, 4) is 5.75 Å². The third kappa shape index (κ3) is 14.9. The molecule has 1 aliphatic carbocycles. The summed E-state index contributed by atoms with van der Waals surface area (Å²) in [5, 5.41) is 10.5. The molecule has 18 nitrogen and oxygen atoms in total. The highest BCUT2D eigenvalue weighted by Gasteiger charge is 2.44. The first kappa shape index (κ1) is 51.5. The molecule has 4 aromatic rings. The van der Waals surface area contributed by atoms with E-state index in [1.54, 1.807) is 52.1 Å². The molecular weight excluding hydrogens is 1000 g/mol. The molecule has 3 N–H and O–H groups in total. The van der Waals surface area contributed by atoms with Gasteiger partial charge in [-0.1, -0.05) is 33.7 Å². The van der Waals surface area contributed by atoms with Crippen LogP contribution in [0.15, 0.2) is 90.3 Å². The predicted molar refractivity (Wildman–Crippen MR) is 285 cm³/mol. The van der Waals surface area contributed by atoms with Gasteiger partial charge in [0.2, 0.25) is 17.7 Å². The second-order valence-electron chi connectivity index (χ2n) is 19.2. The minimum absolute atomic E-state index is 0.0269. The second-order valence-corrected chi connectivity index (χ2v) is 22.3. The van der Waals surface area contributed by atoms with E-state index < -0.39 is 52.5 Å². The van der Waals surface area contributed by atoms with Crippen LogP contribution in [0.25, 0.3) is 0 Å². The number of hydroxylamine groups is 2. The minimum atomic E-state index is -1.75. The third-order valence-corrected chi connectivity index (χ3v) is 16.3. The molecule has 4 aliphatic rings. The van der Waals surface area contributed by atoms with E-state index >= 15 is 4.39 Å². The number of rotatable bonds is 21. The molecule has 396 valence electrons. The fourth-order valence-corrected chi connectivity index (χ4v) is 11.3. The lowest BCUT2D eigenvalue weighted by atomic mass is 10.1. The van der Waals surface area contributed by atoms with Crippen LogP contribution >= 0.6 is 21.6 Å². The molecular formula is C54H62FN9O9S2. The van der Waals surface area contributed by atoms with Gasteiger partial charge in [-0.05, 0) is 106 Å². The van der Waals surface area contributed by atoms with Crippen LogP contribution in [0.4, 0.5) is 21.5 Å². The highest BCUT2D eigenvalue weighted by Crippen LogP contribution is 2.47. The molecule has 0 unspecified atom stereocenters. The Labute approximate surface area is 446 Å². The number of piperazine rings is 1. The van der Waals surface area contributed by atoms with Crippen molar-refractivity contribution in [2.75, 3.05) is 67.2 Å². The zero-order valence-corrected chi connectivity index (χ0v) is 43.7. The molecule has 3 fully saturated rings. The number of carbonyl (C=O) groups is 7.